The Bertz CT molecular complexity index is 539. The van der Waals surface area contributed by atoms with Crippen LogP contribution in [0.25, 0.3) is 0 Å². The monoisotopic (exact) mass is 260 g/mol. The van der Waals surface area contributed by atoms with Gasteiger partial charge in [-0.05, 0) is 18.6 Å². The predicted molar refractivity (Wildman–Crippen MR) is 70.3 cm³/mol. The largest absolute Gasteiger partial charge is 0.387 e. The zero-order valence-corrected chi connectivity index (χ0v) is 10.7. The topological polar surface area (TPSA) is 80.0 Å². The van der Waals surface area contributed by atoms with Crippen LogP contribution in [-0.4, -0.2) is 26.0 Å². The Labute approximate surface area is 111 Å². The predicted octanol–water partition coefficient (Wildman–Crippen LogP) is 1.36. The molecule has 6 nitrogen and oxygen atoms in total. The van der Waals surface area contributed by atoms with E-state index in [1.807, 2.05) is 37.3 Å². The molecule has 0 spiro atoms. The van der Waals surface area contributed by atoms with Gasteiger partial charge in [-0.2, -0.15) is 0 Å². The molecule has 100 valence electrons. The van der Waals surface area contributed by atoms with E-state index < -0.39 is 6.10 Å². The van der Waals surface area contributed by atoms with E-state index in [1.165, 1.54) is 4.68 Å². The van der Waals surface area contributed by atoms with E-state index in [1.54, 1.807) is 6.20 Å². The lowest BCUT2D eigenvalue weighted by Crippen LogP contribution is -2.19. The van der Waals surface area contributed by atoms with Gasteiger partial charge in [-0.3, -0.25) is 4.79 Å². The second-order valence-corrected chi connectivity index (χ2v) is 4.18. The summed E-state index contributed by atoms with van der Waals surface area (Å²) in [5.41, 5.74) is 1.22. The maximum Gasteiger partial charge on any atom is 0.246 e. The summed E-state index contributed by atoms with van der Waals surface area (Å²) in [5.74, 6) is -0.186. The lowest BCUT2D eigenvalue weighted by atomic mass is 10.2. The highest BCUT2D eigenvalue weighted by Crippen LogP contribution is 2.12. The molecule has 1 atom stereocenters. The second kappa shape index (κ2) is 6.10. The fourth-order valence-electron chi connectivity index (χ4n) is 1.62. The Kier molecular flexibility index (Phi) is 4.25. The molecule has 0 fully saturated rings. The number of nitrogens with one attached hydrogen (secondary N) is 1. The average molecular weight is 260 g/mol. The molecule has 19 heavy (non-hydrogen) atoms. The minimum atomic E-state index is -0.633. The molecule has 6 heteroatoms. The molecule has 0 aliphatic heterocycles. The highest BCUT2D eigenvalue weighted by Gasteiger charge is 2.11. The van der Waals surface area contributed by atoms with E-state index in [9.17, 15) is 9.90 Å². The molecule has 0 radical (unpaired) electrons. The smallest absolute Gasteiger partial charge is 0.246 e. The summed E-state index contributed by atoms with van der Waals surface area (Å²) in [4.78, 5) is 11.8. The number of carbonyl (C=O) groups excluding carboxylic acids is 1. The van der Waals surface area contributed by atoms with Crippen molar-refractivity contribution in [3.63, 3.8) is 0 Å². The van der Waals surface area contributed by atoms with Crippen molar-refractivity contribution in [2.75, 3.05) is 5.32 Å². The number of hydrogen-bond acceptors (Lipinski definition) is 4. The Balaban J connectivity index is 1.94. The van der Waals surface area contributed by atoms with Gasteiger partial charge in [-0.1, -0.05) is 30.3 Å². The van der Waals surface area contributed by atoms with Gasteiger partial charge in [0.15, 0.2) is 0 Å². The van der Waals surface area contributed by atoms with Crippen LogP contribution in [-0.2, 0) is 11.3 Å². The van der Waals surface area contributed by atoms with Crippen molar-refractivity contribution in [2.45, 2.75) is 26.0 Å². The van der Waals surface area contributed by atoms with Gasteiger partial charge in [0.2, 0.25) is 5.91 Å². The first-order valence-electron chi connectivity index (χ1n) is 6.12. The maximum absolute atomic E-state index is 11.8. The molecule has 0 bridgehead atoms. The summed E-state index contributed by atoms with van der Waals surface area (Å²) in [6, 6.07) is 9.20. The summed E-state index contributed by atoms with van der Waals surface area (Å²) in [7, 11) is 0. The molecule has 0 aliphatic rings. The third-order valence-electron chi connectivity index (χ3n) is 2.65. The van der Waals surface area contributed by atoms with Gasteiger partial charge in [-0.15, -0.1) is 5.10 Å². The number of rotatable bonds is 5. The number of benzene rings is 1. The van der Waals surface area contributed by atoms with Crippen LogP contribution in [0.15, 0.2) is 36.5 Å². The van der Waals surface area contributed by atoms with Gasteiger partial charge in [0.05, 0.1) is 12.3 Å². The first-order valence-corrected chi connectivity index (χ1v) is 6.12. The van der Waals surface area contributed by atoms with Crippen molar-refractivity contribution in [3.8, 4) is 0 Å². The van der Waals surface area contributed by atoms with Crippen molar-refractivity contribution in [1.82, 2.24) is 15.0 Å². The van der Waals surface area contributed by atoms with Crippen molar-refractivity contribution in [2.24, 2.45) is 0 Å². The summed E-state index contributed by atoms with van der Waals surface area (Å²) in [6.07, 6.45) is 1.51. The zero-order valence-electron chi connectivity index (χ0n) is 10.7. The van der Waals surface area contributed by atoms with E-state index in [-0.39, 0.29) is 12.5 Å². The molecule has 1 aromatic heterocycles. The van der Waals surface area contributed by atoms with Crippen molar-refractivity contribution < 1.29 is 9.90 Å². The molecule has 0 saturated carbocycles. The third kappa shape index (κ3) is 3.62. The average Bonchev–Trinajstić information content (AvgIpc) is 2.87. The van der Waals surface area contributed by atoms with Crippen LogP contribution in [0.2, 0.25) is 0 Å². The minimum Gasteiger partial charge on any atom is -0.387 e. The molecule has 0 aliphatic carbocycles. The van der Waals surface area contributed by atoms with E-state index in [0.29, 0.717) is 12.1 Å². The molecule has 1 amide bonds. The molecule has 2 rings (SSSR count). The fraction of sp³-hybridized carbons (Fsp3) is 0.308. The number of aliphatic hydroxyl groups excluding tert-OH is 1. The number of nitrogens with zero attached hydrogens (tertiary/aromatic N) is 3. The van der Waals surface area contributed by atoms with Crippen molar-refractivity contribution >= 4 is 11.6 Å². The Morgan fingerprint density at radius 3 is 2.84 bits per heavy atom. The van der Waals surface area contributed by atoms with Gasteiger partial charge < -0.3 is 10.4 Å². The highest BCUT2D eigenvalue weighted by atomic mass is 16.3. The van der Waals surface area contributed by atoms with Crippen LogP contribution in [0.3, 0.4) is 0 Å². The Morgan fingerprint density at radius 1 is 1.42 bits per heavy atom. The van der Waals surface area contributed by atoms with Gasteiger partial charge in [0.1, 0.15) is 12.2 Å². The molecular weight excluding hydrogens is 244 g/mol. The van der Waals surface area contributed by atoms with Crippen LogP contribution in [0.5, 0.6) is 0 Å². The molecule has 1 unspecified atom stereocenters. The molecular formula is C13H16N4O2. The fourth-order valence-corrected chi connectivity index (χ4v) is 1.62. The molecule has 0 saturated heterocycles. The van der Waals surface area contributed by atoms with Gasteiger partial charge in [-0.25, -0.2) is 4.68 Å². The highest BCUT2D eigenvalue weighted by molar-refractivity contribution is 5.90. The van der Waals surface area contributed by atoms with Crippen LogP contribution >= 0.6 is 0 Å². The molecule has 1 heterocycles. The van der Waals surface area contributed by atoms with Gasteiger partial charge in [0, 0.05) is 5.69 Å². The summed E-state index contributed by atoms with van der Waals surface area (Å²) < 4.78 is 1.41. The first kappa shape index (κ1) is 13.2. The number of anilines is 1. The van der Waals surface area contributed by atoms with Crippen LogP contribution in [0, 0.1) is 0 Å². The van der Waals surface area contributed by atoms with E-state index in [0.717, 1.165) is 5.69 Å². The van der Waals surface area contributed by atoms with E-state index in [2.05, 4.69) is 15.6 Å². The molecule has 2 aromatic rings. The summed E-state index contributed by atoms with van der Waals surface area (Å²) in [5, 5.41) is 20.0. The Hall–Kier alpha value is -2.21. The standard InChI is InChI=1S/C13H16N4O2/c1-2-12(18)11-8-17(16-15-11)9-13(19)14-10-6-4-3-5-7-10/h3-8,12,18H,2,9H2,1H3,(H,14,19). The van der Waals surface area contributed by atoms with Gasteiger partial charge in [0.25, 0.3) is 0 Å². The lowest BCUT2D eigenvalue weighted by molar-refractivity contribution is -0.116. The van der Waals surface area contributed by atoms with Crippen LogP contribution in [0.1, 0.15) is 25.1 Å². The van der Waals surface area contributed by atoms with E-state index in [4.69, 9.17) is 0 Å². The number of hydrogen-bond donors (Lipinski definition) is 2. The second-order valence-electron chi connectivity index (χ2n) is 4.18. The number of aliphatic hydroxyl groups is 1. The quantitative estimate of drug-likeness (QED) is 0.850. The number of carbonyl (C=O) groups is 1. The Morgan fingerprint density at radius 2 is 2.16 bits per heavy atom. The van der Waals surface area contributed by atoms with Crippen molar-refractivity contribution in [1.29, 1.82) is 0 Å². The zero-order chi connectivity index (χ0) is 13.7. The van der Waals surface area contributed by atoms with Crippen LogP contribution < -0.4 is 5.32 Å². The number of aromatic nitrogens is 3. The SMILES string of the molecule is CCC(O)c1cn(CC(=O)Nc2ccccc2)nn1. The van der Waals surface area contributed by atoms with Crippen molar-refractivity contribution in [3.05, 3.63) is 42.2 Å². The third-order valence-corrected chi connectivity index (χ3v) is 2.65. The summed E-state index contributed by atoms with van der Waals surface area (Å²) in [6.45, 7) is 1.92. The number of para-hydroxylation sites is 1. The minimum absolute atomic E-state index is 0.0678. The lowest BCUT2D eigenvalue weighted by Gasteiger charge is -2.04. The molecule has 2 N–H and O–H groups in total. The van der Waals surface area contributed by atoms with Crippen LogP contribution in [0.4, 0.5) is 5.69 Å². The first-order chi connectivity index (χ1) is 9.19. The number of amides is 1. The van der Waals surface area contributed by atoms with Gasteiger partial charge >= 0.3 is 0 Å². The normalized spacial score (nSPS) is 12.1. The molecule has 1 aromatic carbocycles. The maximum atomic E-state index is 11.8. The summed E-state index contributed by atoms with van der Waals surface area (Å²) >= 11 is 0. The van der Waals surface area contributed by atoms with E-state index >= 15 is 0 Å².